The fraction of sp³-hybridized carbons (Fsp3) is 1.00. The predicted molar refractivity (Wildman–Crippen MR) is 68.6 cm³/mol. The highest BCUT2D eigenvalue weighted by molar-refractivity contribution is 5.03. The fourth-order valence-electron chi connectivity index (χ4n) is 3.16. The summed E-state index contributed by atoms with van der Waals surface area (Å²) < 4.78 is 0. The normalized spacial score (nSPS) is 33.6. The molecule has 2 atom stereocenters. The first-order valence-corrected chi connectivity index (χ1v) is 6.32. The Balaban J connectivity index is 2.57. The molecule has 3 nitrogen and oxygen atoms in total. The smallest absolute Gasteiger partial charge is 0.0616 e. The summed E-state index contributed by atoms with van der Waals surface area (Å²) in [5, 5.41) is 13.3. The number of likely N-dealkylation sites (N-methyl/N-ethyl adjacent to an activating group) is 1. The van der Waals surface area contributed by atoms with Crippen molar-refractivity contribution in [1.82, 2.24) is 10.2 Å². The molecule has 0 saturated heterocycles. The van der Waals surface area contributed by atoms with Crippen LogP contribution >= 0.6 is 0 Å². The molecule has 1 saturated carbocycles. The highest BCUT2D eigenvalue weighted by Gasteiger charge is 2.47. The Morgan fingerprint density at radius 2 is 2.00 bits per heavy atom. The van der Waals surface area contributed by atoms with Crippen LogP contribution in [-0.4, -0.2) is 49.3 Å². The van der Waals surface area contributed by atoms with Crippen molar-refractivity contribution in [1.29, 1.82) is 0 Å². The molecule has 0 aromatic rings. The summed E-state index contributed by atoms with van der Waals surface area (Å²) in [6.45, 7) is 9.09. The third-order valence-corrected chi connectivity index (χ3v) is 3.91. The Morgan fingerprint density at radius 3 is 2.38 bits per heavy atom. The third-order valence-electron chi connectivity index (χ3n) is 3.91. The lowest BCUT2D eigenvalue weighted by Crippen LogP contribution is -2.52. The van der Waals surface area contributed by atoms with Gasteiger partial charge in [0.1, 0.15) is 0 Å². The average molecular weight is 228 g/mol. The zero-order valence-electron chi connectivity index (χ0n) is 11.5. The van der Waals surface area contributed by atoms with Gasteiger partial charge >= 0.3 is 0 Å². The number of hydrogen-bond acceptors (Lipinski definition) is 3. The Hall–Kier alpha value is -0.120. The van der Waals surface area contributed by atoms with Gasteiger partial charge in [-0.25, -0.2) is 0 Å². The van der Waals surface area contributed by atoms with E-state index < -0.39 is 0 Å². The van der Waals surface area contributed by atoms with Crippen molar-refractivity contribution in [3.63, 3.8) is 0 Å². The first kappa shape index (κ1) is 13.9. The van der Waals surface area contributed by atoms with Crippen molar-refractivity contribution < 1.29 is 5.11 Å². The summed E-state index contributed by atoms with van der Waals surface area (Å²) in [5.41, 5.74) is 0.298. The lowest BCUT2D eigenvalue weighted by Gasteiger charge is -2.34. The molecular weight excluding hydrogens is 200 g/mol. The van der Waals surface area contributed by atoms with Gasteiger partial charge < -0.3 is 15.3 Å². The molecule has 2 N–H and O–H groups in total. The van der Waals surface area contributed by atoms with E-state index in [1.54, 1.807) is 0 Å². The summed E-state index contributed by atoms with van der Waals surface area (Å²) in [5.74, 6) is 0.551. The van der Waals surface area contributed by atoms with Crippen molar-refractivity contribution in [2.24, 2.45) is 11.3 Å². The second-order valence-electron chi connectivity index (χ2n) is 6.49. The van der Waals surface area contributed by atoms with Crippen LogP contribution < -0.4 is 5.32 Å². The molecule has 1 rings (SSSR count). The molecule has 1 fully saturated rings. The van der Waals surface area contributed by atoms with Crippen molar-refractivity contribution >= 4 is 0 Å². The number of aliphatic hydroxyl groups is 1. The molecule has 1 aliphatic carbocycles. The van der Waals surface area contributed by atoms with Gasteiger partial charge in [0, 0.05) is 18.6 Å². The molecule has 0 aliphatic heterocycles. The number of rotatable bonds is 5. The Kier molecular flexibility index (Phi) is 4.38. The van der Waals surface area contributed by atoms with E-state index in [2.05, 4.69) is 45.1 Å². The van der Waals surface area contributed by atoms with Gasteiger partial charge in [-0.3, -0.25) is 0 Å². The SMILES string of the molecule is CC1CC(C)(C)CC1(CO)NCCN(C)C. The lowest BCUT2D eigenvalue weighted by molar-refractivity contribution is 0.123. The van der Waals surface area contributed by atoms with Crippen LogP contribution in [0.5, 0.6) is 0 Å². The predicted octanol–water partition coefficient (Wildman–Crippen LogP) is 1.32. The highest BCUT2D eigenvalue weighted by Crippen LogP contribution is 2.47. The van der Waals surface area contributed by atoms with Crippen LogP contribution in [0.2, 0.25) is 0 Å². The van der Waals surface area contributed by atoms with E-state index in [9.17, 15) is 5.11 Å². The van der Waals surface area contributed by atoms with Gasteiger partial charge in [0.2, 0.25) is 0 Å². The third kappa shape index (κ3) is 3.19. The minimum atomic E-state index is -0.0560. The summed E-state index contributed by atoms with van der Waals surface area (Å²) in [7, 11) is 4.16. The van der Waals surface area contributed by atoms with Crippen LogP contribution in [0, 0.1) is 11.3 Å². The largest absolute Gasteiger partial charge is 0.394 e. The molecule has 0 amide bonds. The number of nitrogens with one attached hydrogen (secondary N) is 1. The van der Waals surface area contributed by atoms with E-state index >= 15 is 0 Å². The molecule has 2 unspecified atom stereocenters. The molecule has 0 radical (unpaired) electrons. The topological polar surface area (TPSA) is 35.5 Å². The van der Waals surface area contributed by atoms with E-state index in [0.29, 0.717) is 11.3 Å². The summed E-state index contributed by atoms with van der Waals surface area (Å²) >= 11 is 0. The van der Waals surface area contributed by atoms with Crippen molar-refractivity contribution in [3.05, 3.63) is 0 Å². The van der Waals surface area contributed by atoms with Crippen LogP contribution in [0.25, 0.3) is 0 Å². The maximum Gasteiger partial charge on any atom is 0.0616 e. The number of hydrogen-bond donors (Lipinski definition) is 2. The van der Waals surface area contributed by atoms with Gasteiger partial charge in [-0.2, -0.15) is 0 Å². The minimum Gasteiger partial charge on any atom is -0.394 e. The molecule has 0 aromatic heterocycles. The molecule has 0 spiro atoms. The minimum absolute atomic E-state index is 0.0560. The first-order chi connectivity index (χ1) is 7.31. The van der Waals surface area contributed by atoms with Crippen LogP contribution in [-0.2, 0) is 0 Å². The van der Waals surface area contributed by atoms with E-state index in [1.807, 2.05) is 0 Å². The summed E-state index contributed by atoms with van der Waals surface area (Å²) in [6, 6.07) is 0. The van der Waals surface area contributed by atoms with Gasteiger partial charge in [0.05, 0.1) is 6.61 Å². The van der Waals surface area contributed by atoms with E-state index in [4.69, 9.17) is 0 Å². The van der Waals surface area contributed by atoms with Crippen LogP contribution in [0.1, 0.15) is 33.6 Å². The number of nitrogens with zero attached hydrogens (tertiary/aromatic N) is 1. The summed E-state index contributed by atoms with van der Waals surface area (Å²) in [4.78, 5) is 2.17. The molecule has 96 valence electrons. The fourth-order valence-corrected chi connectivity index (χ4v) is 3.16. The van der Waals surface area contributed by atoms with E-state index in [0.717, 1.165) is 19.5 Å². The second-order valence-corrected chi connectivity index (χ2v) is 6.49. The quantitative estimate of drug-likeness (QED) is 0.745. The van der Waals surface area contributed by atoms with Gasteiger partial charge in [-0.1, -0.05) is 20.8 Å². The highest BCUT2D eigenvalue weighted by atomic mass is 16.3. The lowest BCUT2D eigenvalue weighted by atomic mass is 9.87. The Morgan fingerprint density at radius 1 is 1.38 bits per heavy atom. The molecule has 16 heavy (non-hydrogen) atoms. The molecule has 0 heterocycles. The van der Waals surface area contributed by atoms with E-state index in [-0.39, 0.29) is 12.1 Å². The Labute approximate surface area is 100 Å². The van der Waals surface area contributed by atoms with Crippen molar-refractivity contribution in [3.8, 4) is 0 Å². The van der Waals surface area contributed by atoms with Gasteiger partial charge in [0.15, 0.2) is 0 Å². The molecule has 1 aliphatic rings. The van der Waals surface area contributed by atoms with Crippen LogP contribution in [0.3, 0.4) is 0 Å². The van der Waals surface area contributed by atoms with E-state index in [1.165, 1.54) is 6.42 Å². The van der Waals surface area contributed by atoms with Gasteiger partial charge in [-0.05, 0) is 38.3 Å². The molecule has 0 bridgehead atoms. The number of aliphatic hydroxyl groups excluding tert-OH is 1. The zero-order valence-corrected chi connectivity index (χ0v) is 11.5. The van der Waals surface area contributed by atoms with Crippen LogP contribution in [0.15, 0.2) is 0 Å². The molecule has 0 aromatic carbocycles. The monoisotopic (exact) mass is 228 g/mol. The first-order valence-electron chi connectivity index (χ1n) is 6.32. The molecular formula is C13H28N2O. The molecule has 3 heteroatoms. The maximum absolute atomic E-state index is 9.71. The van der Waals surface area contributed by atoms with Gasteiger partial charge in [-0.15, -0.1) is 0 Å². The maximum atomic E-state index is 9.71. The zero-order chi connectivity index (χ0) is 12.4. The van der Waals surface area contributed by atoms with Crippen LogP contribution in [0.4, 0.5) is 0 Å². The van der Waals surface area contributed by atoms with Crippen molar-refractivity contribution in [2.75, 3.05) is 33.8 Å². The average Bonchev–Trinajstić information content (AvgIpc) is 2.36. The standard InChI is InChI=1S/C13H28N2O/c1-11-8-12(2,3)9-13(11,10-16)14-6-7-15(4)5/h11,14,16H,6-10H2,1-5H3. The van der Waals surface area contributed by atoms with Crippen molar-refractivity contribution in [2.45, 2.75) is 39.2 Å². The summed E-state index contributed by atoms with van der Waals surface area (Å²) in [6.07, 6.45) is 2.27. The van der Waals surface area contributed by atoms with Gasteiger partial charge in [0.25, 0.3) is 0 Å². The second kappa shape index (κ2) is 5.03. The Bertz CT molecular complexity index is 228.